The van der Waals surface area contributed by atoms with Crippen molar-refractivity contribution in [1.82, 2.24) is 4.98 Å². The van der Waals surface area contributed by atoms with E-state index >= 15 is 0 Å². The molecule has 0 fully saturated rings. The van der Waals surface area contributed by atoms with E-state index in [1.54, 1.807) is 6.20 Å². The quantitative estimate of drug-likeness (QED) is 0.713. The van der Waals surface area contributed by atoms with Crippen LogP contribution in [0, 0.1) is 0 Å². The van der Waals surface area contributed by atoms with Gasteiger partial charge in [0.15, 0.2) is 0 Å². The van der Waals surface area contributed by atoms with Gasteiger partial charge in [-0.2, -0.15) is 0 Å². The summed E-state index contributed by atoms with van der Waals surface area (Å²) >= 11 is -0.195. The average molecular weight is 260 g/mol. The molecule has 4 heteroatoms. The van der Waals surface area contributed by atoms with E-state index < -0.39 is 0 Å². The van der Waals surface area contributed by atoms with E-state index in [2.05, 4.69) is 8.13 Å². The lowest BCUT2D eigenvalue weighted by Crippen LogP contribution is -2.07. The summed E-state index contributed by atoms with van der Waals surface area (Å²) < 4.78 is 6.24. The number of nitrogens with zero attached hydrogens (tertiary/aromatic N) is 1. The van der Waals surface area contributed by atoms with Crippen molar-refractivity contribution >= 4 is 32.8 Å². The monoisotopic (exact) mass is 260 g/mol. The van der Waals surface area contributed by atoms with Crippen LogP contribution in [0.1, 0.15) is 5.56 Å². The Kier molecular flexibility index (Phi) is 1.69. The number of hydrogen-bond acceptors (Lipinski definition) is 2. The molecule has 3 nitrogen and oxygen atoms in total. The Morgan fingerprint density at radius 3 is 3.27 bits per heavy atom. The molecule has 0 amide bonds. The van der Waals surface area contributed by atoms with Gasteiger partial charge in [0.05, 0.1) is 11.3 Å². The van der Waals surface area contributed by atoms with Crippen LogP contribution in [0.2, 0.25) is 0 Å². The summed E-state index contributed by atoms with van der Waals surface area (Å²) in [6.07, 6.45) is 3.49. The topological polar surface area (TPSA) is 45.2 Å². The molecule has 1 aromatic rings. The van der Waals surface area contributed by atoms with Gasteiger partial charge < -0.3 is 4.98 Å². The largest absolute Gasteiger partial charge is 0.328 e. The van der Waals surface area contributed by atoms with Gasteiger partial charge in [-0.3, -0.25) is 4.79 Å². The average Bonchev–Trinajstić information content (AvgIpc) is 2.06. The third kappa shape index (κ3) is 1.18. The van der Waals surface area contributed by atoms with Crippen molar-refractivity contribution in [2.45, 2.75) is 0 Å². The SMILES string of the molecule is O=c1[nH]ccc2c1C=CI=N2. The second-order valence-corrected chi connectivity index (χ2v) is 3.84. The van der Waals surface area contributed by atoms with Gasteiger partial charge in [-0.05, 0) is 16.2 Å². The smallest absolute Gasteiger partial charge is 0.257 e. The molecule has 0 saturated heterocycles. The Bertz CT molecular complexity index is 392. The van der Waals surface area contributed by atoms with Crippen molar-refractivity contribution in [1.29, 1.82) is 0 Å². The number of aromatic amines is 1. The summed E-state index contributed by atoms with van der Waals surface area (Å²) in [5, 5.41) is 0. The normalized spacial score (nSPS) is 13.8. The first-order chi connectivity index (χ1) is 5.38. The lowest BCUT2D eigenvalue weighted by molar-refractivity contribution is 1.22. The van der Waals surface area contributed by atoms with E-state index in [-0.39, 0.29) is 26.6 Å². The van der Waals surface area contributed by atoms with Gasteiger partial charge in [-0.25, -0.2) is 3.15 Å². The number of aromatic nitrogens is 1. The molecule has 2 heterocycles. The zero-order valence-corrected chi connectivity index (χ0v) is 7.70. The first kappa shape index (κ1) is 6.90. The molecule has 56 valence electrons. The van der Waals surface area contributed by atoms with Gasteiger partial charge in [0.2, 0.25) is 0 Å². The van der Waals surface area contributed by atoms with Crippen LogP contribution >= 0.6 is 21.0 Å². The maximum atomic E-state index is 11.1. The van der Waals surface area contributed by atoms with Gasteiger partial charge >= 0.3 is 0 Å². The number of hydrogen-bond donors (Lipinski definition) is 1. The second-order valence-electron chi connectivity index (χ2n) is 2.08. The zero-order valence-electron chi connectivity index (χ0n) is 5.54. The van der Waals surface area contributed by atoms with Crippen LogP contribution in [0.15, 0.2) is 24.3 Å². The number of nitrogens with one attached hydrogen (secondary N) is 1. The highest BCUT2D eigenvalue weighted by Gasteiger charge is 2.03. The minimum Gasteiger partial charge on any atom is -0.328 e. The van der Waals surface area contributed by atoms with Crippen LogP contribution in [0.25, 0.3) is 6.08 Å². The van der Waals surface area contributed by atoms with Crippen molar-refractivity contribution in [3.05, 3.63) is 32.3 Å². The molecule has 1 N–H and O–H groups in total. The molecule has 0 saturated carbocycles. The fraction of sp³-hybridized carbons (Fsp3) is 0. The van der Waals surface area contributed by atoms with Crippen LogP contribution in [-0.4, -0.2) is 4.98 Å². The lowest BCUT2D eigenvalue weighted by atomic mass is 10.2. The van der Waals surface area contributed by atoms with Crippen molar-refractivity contribution < 1.29 is 0 Å². The summed E-state index contributed by atoms with van der Waals surface area (Å²) in [7, 11) is 0. The number of rotatable bonds is 0. The number of fused-ring (bicyclic) bond motifs is 1. The fourth-order valence-corrected chi connectivity index (χ4v) is 2.29. The van der Waals surface area contributed by atoms with Gasteiger partial charge in [-0.1, -0.05) is 0 Å². The standard InChI is InChI=1S/C7H5IN2O/c11-7-5-1-3-8-10-6(5)2-4-9-7/h1-4H,(H,9,11). The Hall–Kier alpha value is -0.780. The first-order valence-corrected chi connectivity index (χ1v) is 5.31. The van der Waals surface area contributed by atoms with E-state index in [1.165, 1.54) is 0 Å². The Morgan fingerprint density at radius 2 is 2.45 bits per heavy atom. The molecule has 0 atom stereocenters. The van der Waals surface area contributed by atoms with E-state index in [4.69, 9.17) is 0 Å². The number of halogens is 1. The summed E-state index contributed by atoms with van der Waals surface area (Å²) in [5.41, 5.74) is 1.48. The summed E-state index contributed by atoms with van der Waals surface area (Å²) in [4.78, 5) is 13.7. The van der Waals surface area contributed by atoms with Crippen LogP contribution in [0.4, 0.5) is 5.69 Å². The van der Waals surface area contributed by atoms with E-state index in [0.29, 0.717) is 5.56 Å². The molecular formula is C7H5IN2O. The van der Waals surface area contributed by atoms with E-state index in [0.717, 1.165) is 5.69 Å². The van der Waals surface area contributed by atoms with E-state index in [9.17, 15) is 4.79 Å². The molecule has 1 aliphatic heterocycles. The molecule has 0 unspecified atom stereocenters. The first-order valence-electron chi connectivity index (χ1n) is 3.10. The Morgan fingerprint density at radius 1 is 1.55 bits per heavy atom. The predicted octanol–water partition coefficient (Wildman–Crippen LogP) is 2.15. The van der Waals surface area contributed by atoms with Crippen LogP contribution < -0.4 is 5.56 Å². The second kappa shape index (κ2) is 2.69. The third-order valence-corrected chi connectivity index (χ3v) is 2.88. The van der Waals surface area contributed by atoms with Crippen molar-refractivity contribution in [3.8, 4) is 0 Å². The molecule has 0 radical (unpaired) electrons. The summed E-state index contributed by atoms with van der Waals surface area (Å²) in [6, 6.07) is 1.83. The van der Waals surface area contributed by atoms with Gasteiger partial charge in [0.25, 0.3) is 5.56 Å². The van der Waals surface area contributed by atoms with E-state index in [1.807, 2.05) is 16.2 Å². The molecule has 0 bridgehead atoms. The summed E-state index contributed by atoms with van der Waals surface area (Å²) in [6.45, 7) is 0. The molecule has 0 spiro atoms. The maximum absolute atomic E-state index is 11.1. The van der Waals surface area contributed by atoms with Gasteiger partial charge in [0.1, 0.15) is 0 Å². The Labute approximate surface area is 73.3 Å². The van der Waals surface area contributed by atoms with Crippen LogP contribution in [-0.2, 0) is 0 Å². The maximum Gasteiger partial charge on any atom is 0.257 e. The van der Waals surface area contributed by atoms with Gasteiger partial charge in [-0.15, -0.1) is 0 Å². The minimum atomic E-state index is -0.195. The van der Waals surface area contributed by atoms with Crippen molar-refractivity contribution in [2.24, 2.45) is 3.15 Å². The van der Waals surface area contributed by atoms with Gasteiger partial charge in [0, 0.05) is 27.2 Å². The van der Waals surface area contributed by atoms with Crippen LogP contribution in [0.5, 0.6) is 0 Å². The van der Waals surface area contributed by atoms with Crippen LogP contribution in [0.3, 0.4) is 0 Å². The fourth-order valence-electron chi connectivity index (χ4n) is 0.887. The molecule has 1 aliphatic rings. The minimum absolute atomic E-state index is 0.0498. The zero-order chi connectivity index (χ0) is 7.68. The number of pyridine rings is 1. The highest BCUT2D eigenvalue weighted by Crippen LogP contribution is 2.26. The molecule has 11 heavy (non-hydrogen) atoms. The highest BCUT2D eigenvalue weighted by atomic mass is 127. The Balaban J connectivity index is 2.80. The number of H-pyrrole nitrogens is 1. The molecular weight excluding hydrogens is 255 g/mol. The lowest BCUT2D eigenvalue weighted by Gasteiger charge is -1.99. The van der Waals surface area contributed by atoms with Crippen molar-refractivity contribution in [2.75, 3.05) is 0 Å². The summed E-state index contributed by atoms with van der Waals surface area (Å²) in [5.74, 6) is 0. The predicted molar refractivity (Wildman–Crippen MR) is 52.2 cm³/mol. The molecule has 2 rings (SSSR count). The molecule has 0 aliphatic carbocycles. The molecule has 0 aromatic carbocycles. The van der Waals surface area contributed by atoms with Crippen molar-refractivity contribution in [3.63, 3.8) is 0 Å². The highest BCUT2D eigenvalue weighted by molar-refractivity contribution is 14.2. The molecule has 1 aromatic heterocycles. The third-order valence-electron chi connectivity index (χ3n) is 1.40.